The second-order valence-corrected chi connectivity index (χ2v) is 5.75. The Kier molecular flexibility index (Phi) is 7.43. The lowest BCUT2D eigenvalue weighted by Gasteiger charge is -2.24. The van der Waals surface area contributed by atoms with Gasteiger partial charge in [-0.25, -0.2) is 9.97 Å². The van der Waals surface area contributed by atoms with Gasteiger partial charge in [0, 0.05) is 31.2 Å². The minimum atomic E-state index is 0.182. The van der Waals surface area contributed by atoms with Gasteiger partial charge in [-0.1, -0.05) is 20.8 Å². The molecule has 0 spiro atoms. The third-order valence-corrected chi connectivity index (χ3v) is 3.58. The molecule has 0 saturated carbocycles. The van der Waals surface area contributed by atoms with Crippen LogP contribution in [0, 0.1) is 12.8 Å². The summed E-state index contributed by atoms with van der Waals surface area (Å²) in [6.07, 6.45) is 2.62. The zero-order chi connectivity index (χ0) is 15.8. The molecule has 120 valence electrons. The lowest BCUT2D eigenvalue weighted by Crippen LogP contribution is -2.28. The van der Waals surface area contributed by atoms with Crippen molar-refractivity contribution < 1.29 is 5.11 Å². The Bertz CT molecular complexity index is 435. The summed E-state index contributed by atoms with van der Waals surface area (Å²) in [5.41, 5.74) is 1.04. The Morgan fingerprint density at radius 1 is 1.14 bits per heavy atom. The number of hydrogen-bond acceptors (Lipinski definition) is 5. The number of rotatable bonds is 9. The molecule has 1 atom stereocenters. The molecule has 5 heteroatoms. The molecular weight excluding hydrogens is 264 g/mol. The van der Waals surface area contributed by atoms with Crippen molar-refractivity contribution in [3.8, 4) is 0 Å². The predicted molar refractivity (Wildman–Crippen MR) is 88.9 cm³/mol. The van der Waals surface area contributed by atoms with Gasteiger partial charge < -0.3 is 15.7 Å². The fourth-order valence-electron chi connectivity index (χ4n) is 2.27. The molecule has 0 aliphatic carbocycles. The van der Waals surface area contributed by atoms with Crippen LogP contribution >= 0.6 is 0 Å². The number of nitrogens with one attached hydrogen (secondary N) is 2. The molecule has 1 aromatic heterocycles. The number of aliphatic hydroxyl groups excluding tert-OH is 1. The summed E-state index contributed by atoms with van der Waals surface area (Å²) >= 11 is 0. The lowest BCUT2D eigenvalue weighted by molar-refractivity contribution is 0.267. The van der Waals surface area contributed by atoms with Gasteiger partial charge in [-0.05, 0) is 32.6 Å². The molecule has 3 N–H and O–H groups in total. The minimum Gasteiger partial charge on any atom is -0.396 e. The van der Waals surface area contributed by atoms with Crippen LogP contribution in [0.5, 0.6) is 0 Å². The Morgan fingerprint density at radius 2 is 1.81 bits per heavy atom. The van der Waals surface area contributed by atoms with E-state index in [0.29, 0.717) is 5.92 Å². The van der Waals surface area contributed by atoms with Gasteiger partial charge >= 0.3 is 0 Å². The maximum Gasteiger partial charge on any atom is 0.135 e. The van der Waals surface area contributed by atoms with Crippen molar-refractivity contribution in [3.63, 3.8) is 0 Å². The summed E-state index contributed by atoms with van der Waals surface area (Å²) in [4.78, 5) is 9.26. The second-order valence-electron chi connectivity index (χ2n) is 5.75. The van der Waals surface area contributed by atoms with Crippen molar-refractivity contribution in [1.82, 2.24) is 9.97 Å². The van der Waals surface area contributed by atoms with Crippen LogP contribution < -0.4 is 10.6 Å². The third-order valence-electron chi connectivity index (χ3n) is 3.58. The highest BCUT2D eigenvalue weighted by Gasteiger charge is 2.17. The molecule has 0 saturated heterocycles. The maximum absolute atomic E-state index is 9.23. The molecule has 1 heterocycles. The number of hydrogen-bond donors (Lipinski definition) is 3. The molecule has 0 fully saturated rings. The van der Waals surface area contributed by atoms with E-state index in [4.69, 9.17) is 0 Å². The smallest absolute Gasteiger partial charge is 0.135 e. The standard InChI is InChI=1S/C16H30N4O/c1-6-8-14-19-15(17-7-2)12(5)16(20-14)18-13(9-10-21)11(3)4/h11,13,21H,6-10H2,1-5H3,(H2,17,18,19,20). The van der Waals surface area contributed by atoms with Gasteiger partial charge in [0.2, 0.25) is 0 Å². The lowest BCUT2D eigenvalue weighted by atomic mass is 10.0. The van der Waals surface area contributed by atoms with Crippen LogP contribution in [-0.4, -0.2) is 34.3 Å². The molecule has 1 rings (SSSR count). The zero-order valence-electron chi connectivity index (χ0n) is 14.0. The minimum absolute atomic E-state index is 0.182. The quantitative estimate of drug-likeness (QED) is 0.653. The van der Waals surface area contributed by atoms with E-state index >= 15 is 0 Å². The normalized spacial score (nSPS) is 12.5. The molecule has 5 nitrogen and oxygen atoms in total. The first kappa shape index (κ1) is 17.7. The van der Waals surface area contributed by atoms with Gasteiger partial charge in [0.15, 0.2) is 0 Å². The zero-order valence-corrected chi connectivity index (χ0v) is 14.0. The molecule has 0 aliphatic rings. The van der Waals surface area contributed by atoms with E-state index in [0.717, 1.165) is 48.8 Å². The highest BCUT2D eigenvalue weighted by Crippen LogP contribution is 2.23. The average Bonchev–Trinajstić information content (AvgIpc) is 2.43. The Labute approximate surface area is 128 Å². The molecule has 1 unspecified atom stereocenters. The van der Waals surface area contributed by atoms with E-state index in [2.05, 4.69) is 48.3 Å². The first-order chi connectivity index (χ1) is 10.0. The topological polar surface area (TPSA) is 70.1 Å². The van der Waals surface area contributed by atoms with Crippen LogP contribution in [0.2, 0.25) is 0 Å². The van der Waals surface area contributed by atoms with E-state index in [1.807, 2.05) is 6.92 Å². The van der Waals surface area contributed by atoms with Crippen LogP contribution in [0.3, 0.4) is 0 Å². The van der Waals surface area contributed by atoms with Crippen molar-refractivity contribution >= 4 is 11.6 Å². The molecule has 0 bridgehead atoms. The van der Waals surface area contributed by atoms with Crippen molar-refractivity contribution in [3.05, 3.63) is 11.4 Å². The van der Waals surface area contributed by atoms with Gasteiger partial charge in [-0.3, -0.25) is 0 Å². The van der Waals surface area contributed by atoms with Crippen LogP contribution in [0.15, 0.2) is 0 Å². The molecule has 0 aromatic carbocycles. The molecule has 1 aromatic rings. The number of aliphatic hydroxyl groups is 1. The first-order valence-electron chi connectivity index (χ1n) is 8.02. The van der Waals surface area contributed by atoms with E-state index in [9.17, 15) is 5.11 Å². The van der Waals surface area contributed by atoms with Crippen LogP contribution in [0.1, 0.15) is 51.9 Å². The fourth-order valence-corrected chi connectivity index (χ4v) is 2.27. The van der Waals surface area contributed by atoms with E-state index in [1.165, 1.54) is 0 Å². The summed E-state index contributed by atoms with van der Waals surface area (Å²) in [6, 6.07) is 0.215. The third kappa shape index (κ3) is 5.16. The Balaban J connectivity index is 3.07. The van der Waals surface area contributed by atoms with Crippen molar-refractivity contribution in [2.45, 2.75) is 59.9 Å². The highest BCUT2D eigenvalue weighted by molar-refractivity contribution is 5.57. The monoisotopic (exact) mass is 294 g/mol. The SMILES string of the molecule is CCCc1nc(NCC)c(C)c(NC(CCO)C(C)C)n1. The largest absolute Gasteiger partial charge is 0.396 e. The second kappa shape index (κ2) is 8.82. The van der Waals surface area contributed by atoms with Gasteiger partial charge in [-0.15, -0.1) is 0 Å². The number of nitrogens with zero attached hydrogens (tertiary/aromatic N) is 2. The molecule has 0 radical (unpaired) electrons. The molecule has 0 amide bonds. The van der Waals surface area contributed by atoms with E-state index in [1.54, 1.807) is 0 Å². The predicted octanol–water partition coefficient (Wildman–Crippen LogP) is 2.99. The fraction of sp³-hybridized carbons (Fsp3) is 0.750. The summed E-state index contributed by atoms with van der Waals surface area (Å²) in [7, 11) is 0. The first-order valence-corrected chi connectivity index (χ1v) is 8.02. The summed E-state index contributed by atoms with van der Waals surface area (Å²) in [5.74, 6) is 3.10. The van der Waals surface area contributed by atoms with Crippen LogP contribution in [0.4, 0.5) is 11.6 Å². The van der Waals surface area contributed by atoms with Gasteiger partial charge in [0.1, 0.15) is 17.5 Å². The van der Waals surface area contributed by atoms with E-state index < -0.39 is 0 Å². The molecule has 0 aliphatic heterocycles. The van der Waals surface area contributed by atoms with Crippen molar-refractivity contribution in [2.75, 3.05) is 23.8 Å². The molecular formula is C16H30N4O. The average molecular weight is 294 g/mol. The highest BCUT2D eigenvalue weighted by atomic mass is 16.3. The number of anilines is 2. The van der Waals surface area contributed by atoms with Crippen molar-refractivity contribution in [2.24, 2.45) is 5.92 Å². The van der Waals surface area contributed by atoms with Gasteiger partial charge in [0.05, 0.1) is 0 Å². The summed E-state index contributed by atoms with van der Waals surface area (Å²) in [6.45, 7) is 11.6. The Morgan fingerprint density at radius 3 is 2.33 bits per heavy atom. The van der Waals surface area contributed by atoms with Gasteiger partial charge in [0.25, 0.3) is 0 Å². The maximum atomic E-state index is 9.23. The van der Waals surface area contributed by atoms with Crippen LogP contribution in [0.25, 0.3) is 0 Å². The number of aromatic nitrogens is 2. The summed E-state index contributed by atoms with van der Waals surface area (Å²) < 4.78 is 0. The van der Waals surface area contributed by atoms with Crippen molar-refractivity contribution in [1.29, 1.82) is 0 Å². The number of aryl methyl sites for hydroxylation is 1. The van der Waals surface area contributed by atoms with Crippen LogP contribution in [-0.2, 0) is 6.42 Å². The van der Waals surface area contributed by atoms with Gasteiger partial charge in [-0.2, -0.15) is 0 Å². The summed E-state index contributed by atoms with van der Waals surface area (Å²) in [5, 5.41) is 16.0. The Hall–Kier alpha value is -1.36. The molecule has 21 heavy (non-hydrogen) atoms. The van der Waals surface area contributed by atoms with E-state index in [-0.39, 0.29) is 12.6 Å².